The minimum atomic E-state index is -1.22. The van der Waals surface area contributed by atoms with E-state index >= 15 is 0 Å². The Hall–Kier alpha value is -2.60. The second-order valence-corrected chi connectivity index (χ2v) is 7.89. The summed E-state index contributed by atoms with van der Waals surface area (Å²) in [5.74, 6) is 1.02. The van der Waals surface area contributed by atoms with E-state index in [9.17, 15) is 15.3 Å². The fourth-order valence-corrected chi connectivity index (χ4v) is 4.25. The molecule has 1 aliphatic heterocycles. The molecule has 3 aromatic heterocycles. The van der Waals surface area contributed by atoms with Crippen LogP contribution >= 0.6 is 0 Å². The Morgan fingerprint density at radius 1 is 1.17 bits per heavy atom. The lowest BCUT2D eigenvalue weighted by molar-refractivity contribution is -0.0511. The summed E-state index contributed by atoms with van der Waals surface area (Å²) in [6.07, 6.45) is 4.71. The lowest BCUT2D eigenvalue weighted by atomic mass is 9.95. The number of aromatic amines is 1. The maximum Gasteiger partial charge on any atom is 0.184 e. The SMILES string of the molecule is OC[C@H]1OC(n2cnc3c(NC4CCCCC4)nc(-c4cc[nH]n4)nc32)[C@H](O)[C@@H]1O. The lowest BCUT2D eigenvalue weighted by Gasteiger charge is -2.23. The third-order valence-corrected chi connectivity index (χ3v) is 5.89. The smallest absolute Gasteiger partial charge is 0.184 e. The van der Waals surface area contributed by atoms with Gasteiger partial charge in [-0.25, -0.2) is 15.0 Å². The van der Waals surface area contributed by atoms with Crippen LogP contribution in [0.4, 0.5) is 5.82 Å². The van der Waals surface area contributed by atoms with E-state index in [1.54, 1.807) is 16.8 Å². The molecule has 1 unspecified atom stereocenters. The van der Waals surface area contributed by atoms with Crippen LogP contribution in [0.5, 0.6) is 0 Å². The summed E-state index contributed by atoms with van der Waals surface area (Å²) in [7, 11) is 0. The zero-order valence-electron chi connectivity index (χ0n) is 16.3. The lowest BCUT2D eigenvalue weighted by Crippen LogP contribution is -2.33. The number of anilines is 1. The largest absolute Gasteiger partial charge is 0.394 e. The third kappa shape index (κ3) is 3.33. The standard InChI is InChI=1S/C19H25N7O4/c27-8-12-14(28)15(29)19(30-12)26-9-20-13-17(22-10-4-2-1-3-5-10)23-16(24-18(13)26)11-6-7-21-25-11/h6-7,9-10,12,14-15,19,27-29H,1-5,8H2,(H,21,25)(H,22,23,24)/t12-,14-,15-,19?/m1/s1. The monoisotopic (exact) mass is 415 g/mol. The van der Waals surface area contributed by atoms with Crippen LogP contribution in [0.15, 0.2) is 18.6 Å². The predicted molar refractivity (Wildman–Crippen MR) is 106 cm³/mol. The van der Waals surface area contributed by atoms with Crippen LogP contribution in [0, 0.1) is 0 Å². The molecular weight excluding hydrogens is 390 g/mol. The number of aliphatic hydroxyl groups is 3. The highest BCUT2D eigenvalue weighted by Gasteiger charge is 2.44. The summed E-state index contributed by atoms with van der Waals surface area (Å²) in [6, 6.07) is 2.08. The van der Waals surface area contributed by atoms with Crippen molar-refractivity contribution < 1.29 is 20.1 Å². The molecule has 0 amide bonds. The maximum absolute atomic E-state index is 10.5. The molecule has 0 aromatic carbocycles. The Balaban J connectivity index is 1.58. The fraction of sp³-hybridized carbons (Fsp3) is 0.579. The zero-order valence-corrected chi connectivity index (χ0v) is 16.3. The van der Waals surface area contributed by atoms with E-state index in [0.717, 1.165) is 12.8 Å². The van der Waals surface area contributed by atoms with Crippen molar-refractivity contribution in [2.75, 3.05) is 11.9 Å². The number of ether oxygens (including phenoxy) is 1. The normalized spacial score (nSPS) is 27.7. The van der Waals surface area contributed by atoms with Crippen LogP contribution in [-0.2, 0) is 4.74 Å². The Morgan fingerprint density at radius 2 is 2.00 bits per heavy atom. The quantitative estimate of drug-likeness (QED) is 0.402. The van der Waals surface area contributed by atoms with E-state index in [0.29, 0.717) is 34.5 Å². The number of imidazole rings is 1. The van der Waals surface area contributed by atoms with Crippen LogP contribution in [-0.4, -0.2) is 76.0 Å². The Labute approximate surface area is 172 Å². The van der Waals surface area contributed by atoms with Crippen LogP contribution < -0.4 is 5.32 Å². The Morgan fingerprint density at radius 3 is 2.70 bits per heavy atom. The van der Waals surface area contributed by atoms with Crippen molar-refractivity contribution in [1.29, 1.82) is 0 Å². The molecule has 0 spiro atoms. The molecule has 5 N–H and O–H groups in total. The van der Waals surface area contributed by atoms with E-state index < -0.39 is 31.1 Å². The van der Waals surface area contributed by atoms with E-state index in [4.69, 9.17) is 4.74 Å². The second-order valence-electron chi connectivity index (χ2n) is 7.89. The average molecular weight is 415 g/mol. The molecule has 0 radical (unpaired) electrons. The van der Waals surface area contributed by atoms with E-state index in [1.165, 1.54) is 25.6 Å². The molecule has 30 heavy (non-hydrogen) atoms. The minimum absolute atomic E-state index is 0.308. The highest BCUT2D eigenvalue weighted by atomic mass is 16.6. The van der Waals surface area contributed by atoms with Gasteiger partial charge in [0.2, 0.25) is 0 Å². The van der Waals surface area contributed by atoms with Gasteiger partial charge in [0, 0.05) is 12.2 Å². The second kappa shape index (κ2) is 7.91. The number of aromatic nitrogens is 6. The number of nitrogens with one attached hydrogen (secondary N) is 2. The number of rotatable bonds is 5. The first-order valence-electron chi connectivity index (χ1n) is 10.3. The maximum atomic E-state index is 10.5. The molecular formula is C19H25N7O4. The fourth-order valence-electron chi connectivity index (χ4n) is 4.25. The van der Waals surface area contributed by atoms with Crippen LogP contribution in [0.25, 0.3) is 22.7 Å². The highest BCUT2D eigenvalue weighted by Crippen LogP contribution is 2.33. The first-order valence-corrected chi connectivity index (χ1v) is 10.3. The van der Waals surface area contributed by atoms with E-state index in [-0.39, 0.29) is 0 Å². The van der Waals surface area contributed by atoms with Crippen molar-refractivity contribution in [3.05, 3.63) is 18.6 Å². The van der Waals surface area contributed by atoms with Crippen molar-refractivity contribution in [3.63, 3.8) is 0 Å². The van der Waals surface area contributed by atoms with Crippen molar-refractivity contribution in [2.45, 2.75) is 62.7 Å². The first-order chi connectivity index (χ1) is 14.7. The molecule has 4 heterocycles. The molecule has 1 saturated carbocycles. The third-order valence-electron chi connectivity index (χ3n) is 5.89. The molecule has 0 bridgehead atoms. The van der Waals surface area contributed by atoms with Gasteiger partial charge in [0.1, 0.15) is 24.0 Å². The highest BCUT2D eigenvalue weighted by molar-refractivity contribution is 5.85. The van der Waals surface area contributed by atoms with E-state index in [2.05, 4.69) is 30.5 Å². The van der Waals surface area contributed by atoms with Gasteiger partial charge in [-0.05, 0) is 18.9 Å². The molecule has 5 rings (SSSR count). The number of nitrogens with zero attached hydrogens (tertiary/aromatic N) is 5. The number of hydrogen-bond acceptors (Lipinski definition) is 9. The van der Waals surface area contributed by atoms with Gasteiger partial charge in [-0.15, -0.1) is 0 Å². The summed E-state index contributed by atoms with van der Waals surface area (Å²) in [4.78, 5) is 13.8. The summed E-state index contributed by atoms with van der Waals surface area (Å²) >= 11 is 0. The minimum Gasteiger partial charge on any atom is -0.394 e. The molecule has 2 aliphatic rings. The molecule has 2 fully saturated rings. The van der Waals surface area contributed by atoms with Gasteiger partial charge in [-0.3, -0.25) is 9.67 Å². The summed E-state index contributed by atoms with van der Waals surface area (Å²) in [5, 5.41) is 40.5. The molecule has 4 atom stereocenters. The van der Waals surface area contributed by atoms with Gasteiger partial charge in [0.15, 0.2) is 29.0 Å². The number of aliphatic hydroxyl groups excluding tert-OH is 3. The van der Waals surface area contributed by atoms with Crippen molar-refractivity contribution in [1.82, 2.24) is 29.7 Å². The summed E-state index contributed by atoms with van der Waals surface area (Å²) < 4.78 is 7.25. The van der Waals surface area contributed by atoms with E-state index in [1.807, 2.05) is 0 Å². The number of hydrogen-bond donors (Lipinski definition) is 5. The topological polar surface area (TPSA) is 154 Å². The van der Waals surface area contributed by atoms with Gasteiger partial charge in [-0.2, -0.15) is 5.10 Å². The van der Waals surface area contributed by atoms with Gasteiger partial charge >= 0.3 is 0 Å². The summed E-state index contributed by atoms with van der Waals surface area (Å²) in [5.41, 5.74) is 1.59. The van der Waals surface area contributed by atoms with Crippen LogP contribution in [0.2, 0.25) is 0 Å². The zero-order chi connectivity index (χ0) is 20.7. The Bertz CT molecular complexity index is 1000. The van der Waals surface area contributed by atoms with Crippen LogP contribution in [0.1, 0.15) is 38.3 Å². The molecule has 160 valence electrons. The molecule has 1 saturated heterocycles. The molecule has 1 aliphatic carbocycles. The Kier molecular flexibility index (Phi) is 5.11. The summed E-state index contributed by atoms with van der Waals surface area (Å²) in [6.45, 7) is -0.399. The van der Waals surface area contributed by atoms with Crippen molar-refractivity contribution in [2.24, 2.45) is 0 Å². The molecule has 3 aromatic rings. The number of H-pyrrole nitrogens is 1. The average Bonchev–Trinajstić information content (AvgIpc) is 3.50. The van der Waals surface area contributed by atoms with Gasteiger partial charge in [-0.1, -0.05) is 19.3 Å². The van der Waals surface area contributed by atoms with Gasteiger partial charge < -0.3 is 25.4 Å². The van der Waals surface area contributed by atoms with Crippen LogP contribution in [0.3, 0.4) is 0 Å². The predicted octanol–water partition coefficient (Wildman–Crippen LogP) is 0.572. The van der Waals surface area contributed by atoms with Gasteiger partial charge in [0.25, 0.3) is 0 Å². The molecule has 11 heteroatoms. The first kappa shape index (κ1) is 19.4. The number of fused-ring (bicyclic) bond motifs is 1. The molecule has 11 nitrogen and oxygen atoms in total. The van der Waals surface area contributed by atoms with Crippen molar-refractivity contribution in [3.8, 4) is 11.5 Å². The van der Waals surface area contributed by atoms with Crippen molar-refractivity contribution >= 4 is 17.0 Å². The van der Waals surface area contributed by atoms with Gasteiger partial charge in [0.05, 0.1) is 12.9 Å².